The van der Waals surface area contributed by atoms with E-state index in [1.165, 1.54) is 10.4 Å². The number of carbonyl (C=O) groups is 1. The van der Waals surface area contributed by atoms with E-state index >= 15 is 0 Å². The first-order chi connectivity index (χ1) is 17.1. The van der Waals surface area contributed by atoms with E-state index in [0.29, 0.717) is 24.6 Å². The van der Waals surface area contributed by atoms with E-state index in [1.54, 1.807) is 6.92 Å². The van der Waals surface area contributed by atoms with Crippen molar-refractivity contribution in [3.05, 3.63) is 103 Å². The highest BCUT2D eigenvalue weighted by Gasteiger charge is 2.50. The third-order valence-corrected chi connectivity index (χ3v) is 17.8. The van der Waals surface area contributed by atoms with E-state index in [-0.39, 0.29) is 5.97 Å². The summed E-state index contributed by atoms with van der Waals surface area (Å²) in [6, 6.07) is 32.2. The van der Waals surface area contributed by atoms with Crippen LogP contribution in [0.5, 0.6) is 0 Å². The summed E-state index contributed by atoms with van der Waals surface area (Å²) >= 11 is 0. The van der Waals surface area contributed by atoms with Crippen LogP contribution in [0.3, 0.4) is 0 Å². The van der Waals surface area contributed by atoms with Gasteiger partial charge < -0.3 is 13.0 Å². The highest BCUT2D eigenvalue weighted by molar-refractivity contribution is 7.04. The zero-order valence-corrected chi connectivity index (χ0v) is 25.1. The fraction of sp³-hybridized carbons (Fsp3) is 0.276. The summed E-state index contributed by atoms with van der Waals surface area (Å²) in [6.07, 6.45) is 0.651. The Bertz CT molecular complexity index is 1090. The van der Waals surface area contributed by atoms with Gasteiger partial charge in [0.1, 0.15) is 0 Å². The van der Waals surface area contributed by atoms with Crippen molar-refractivity contribution in [2.75, 3.05) is 6.61 Å². The average molecular weight is 535 g/mol. The Morgan fingerprint density at radius 1 is 0.722 bits per heavy atom. The molecule has 0 aliphatic heterocycles. The molecule has 0 amide bonds. The van der Waals surface area contributed by atoms with Gasteiger partial charge >= 0.3 is 14.5 Å². The van der Waals surface area contributed by atoms with Crippen LogP contribution in [0.25, 0.3) is 0 Å². The molecule has 3 aromatic rings. The van der Waals surface area contributed by atoms with E-state index in [2.05, 4.69) is 106 Å². The SMILES string of the molecule is C=C(C)C(=O)OCCC[Si](O[Si](C)(C)C)(O[Si](C)(c1ccccc1)c1ccccc1)c1ccccc1. The van der Waals surface area contributed by atoms with Crippen molar-refractivity contribution in [1.82, 2.24) is 0 Å². The highest BCUT2D eigenvalue weighted by Crippen LogP contribution is 2.26. The average Bonchev–Trinajstić information content (AvgIpc) is 2.87. The van der Waals surface area contributed by atoms with Gasteiger partial charge in [-0.2, -0.15) is 0 Å². The summed E-state index contributed by atoms with van der Waals surface area (Å²) in [4.78, 5) is 12.0. The molecular weight excluding hydrogens is 497 g/mol. The molecule has 1 atom stereocenters. The number of hydrogen-bond acceptors (Lipinski definition) is 4. The van der Waals surface area contributed by atoms with E-state index in [0.717, 1.165) is 5.19 Å². The molecule has 0 fully saturated rings. The van der Waals surface area contributed by atoms with Crippen molar-refractivity contribution in [1.29, 1.82) is 0 Å². The second-order valence-corrected chi connectivity index (χ2v) is 21.9. The van der Waals surface area contributed by atoms with Gasteiger partial charge in [-0.25, -0.2) is 4.79 Å². The van der Waals surface area contributed by atoms with Crippen molar-refractivity contribution in [3.8, 4) is 0 Å². The summed E-state index contributed by atoms with van der Waals surface area (Å²) in [5, 5.41) is 3.53. The molecule has 3 rings (SSSR count). The number of esters is 1. The Kier molecular flexibility index (Phi) is 9.43. The largest absolute Gasteiger partial charge is 0.462 e. The van der Waals surface area contributed by atoms with E-state index < -0.39 is 25.2 Å². The fourth-order valence-corrected chi connectivity index (χ4v) is 17.7. The minimum Gasteiger partial charge on any atom is -0.462 e. The van der Waals surface area contributed by atoms with Crippen LogP contribution in [-0.4, -0.2) is 37.8 Å². The van der Waals surface area contributed by atoms with Gasteiger partial charge in [0.2, 0.25) is 8.32 Å². The van der Waals surface area contributed by atoms with E-state index in [9.17, 15) is 4.79 Å². The molecule has 0 spiro atoms. The topological polar surface area (TPSA) is 44.8 Å². The molecule has 0 aliphatic carbocycles. The molecule has 3 aromatic carbocycles. The minimum atomic E-state index is -3.00. The Labute approximate surface area is 219 Å². The number of hydrogen-bond donors (Lipinski definition) is 0. The molecule has 190 valence electrons. The molecule has 0 radical (unpaired) electrons. The molecule has 0 aromatic heterocycles. The van der Waals surface area contributed by atoms with Gasteiger partial charge in [0.25, 0.3) is 0 Å². The second-order valence-electron chi connectivity index (χ2n) is 10.2. The van der Waals surface area contributed by atoms with Gasteiger partial charge in [-0.1, -0.05) is 97.6 Å². The van der Waals surface area contributed by atoms with Crippen LogP contribution in [0, 0.1) is 0 Å². The lowest BCUT2D eigenvalue weighted by Gasteiger charge is -2.43. The molecule has 0 heterocycles. The fourth-order valence-electron chi connectivity index (χ4n) is 4.29. The predicted molar refractivity (Wildman–Crippen MR) is 156 cm³/mol. The molecule has 7 heteroatoms. The lowest BCUT2D eigenvalue weighted by atomic mass is 10.4. The Morgan fingerprint density at radius 2 is 1.17 bits per heavy atom. The summed E-state index contributed by atoms with van der Waals surface area (Å²) in [7, 11) is -7.72. The number of benzene rings is 3. The number of rotatable bonds is 12. The maximum atomic E-state index is 12.0. The van der Waals surface area contributed by atoms with Crippen LogP contribution in [0.2, 0.25) is 32.2 Å². The van der Waals surface area contributed by atoms with Crippen molar-refractivity contribution in [3.63, 3.8) is 0 Å². The molecular formula is C29H38O4Si3. The Balaban J connectivity index is 2.10. The summed E-state index contributed by atoms with van der Waals surface area (Å²) in [5.41, 5.74) is 0.407. The first kappa shape index (κ1) is 28.0. The van der Waals surface area contributed by atoms with Gasteiger partial charge in [0.05, 0.1) is 6.61 Å². The first-order valence-electron chi connectivity index (χ1n) is 12.5. The van der Waals surface area contributed by atoms with Crippen LogP contribution in [0.15, 0.2) is 103 Å². The van der Waals surface area contributed by atoms with Gasteiger partial charge in [-0.3, -0.25) is 0 Å². The van der Waals surface area contributed by atoms with Crippen LogP contribution >= 0.6 is 0 Å². The lowest BCUT2D eigenvalue weighted by Crippen LogP contribution is -2.70. The molecule has 36 heavy (non-hydrogen) atoms. The highest BCUT2D eigenvalue weighted by atomic mass is 28.5. The zero-order valence-electron chi connectivity index (χ0n) is 22.1. The first-order valence-corrected chi connectivity index (χ1v) is 20.3. The third kappa shape index (κ3) is 7.24. The smallest absolute Gasteiger partial charge is 0.352 e. The standard InChI is InChI=1S/C29H38O4Si3/c1-25(2)29(30)31-23-16-24-36(32-34(3,4)5,28-21-14-9-15-22-28)33-35(6,26-17-10-7-11-18-26)27-19-12-8-13-20-27/h7-15,17-22H,1,16,23-24H2,2-6H3. The summed E-state index contributed by atoms with van der Waals surface area (Å²) in [6.45, 7) is 14.6. The summed E-state index contributed by atoms with van der Waals surface area (Å²) in [5.74, 6) is -0.359. The molecule has 0 saturated carbocycles. The van der Waals surface area contributed by atoms with Crippen molar-refractivity contribution in [2.24, 2.45) is 0 Å². The van der Waals surface area contributed by atoms with Crippen LogP contribution in [0.1, 0.15) is 13.3 Å². The molecule has 0 bridgehead atoms. The van der Waals surface area contributed by atoms with Crippen molar-refractivity contribution in [2.45, 2.75) is 45.6 Å². The monoisotopic (exact) mass is 534 g/mol. The maximum absolute atomic E-state index is 12.0. The zero-order chi connectivity index (χ0) is 26.2. The predicted octanol–water partition coefficient (Wildman–Crippen LogP) is 5.10. The van der Waals surface area contributed by atoms with Crippen LogP contribution < -0.4 is 15.6 Å². The minimum absolute atomic E-state index is 0.306. The van der Waals surface area contributed by atoms with Gasteiger partial charge in [-0.15, -0.1) is 0 Å². The molecule has 0 aliphatic rings. The summed E-state index contributed by atoms with van der Waals surface area (Å²) < 4.78 is 20.1. The molecule has 1 unspecified atom stereocenters. The van der Waals surface area contributed by atoms with Crippen LogP contribution in [0.4, 0.5) is 0 Å². The number of carbonyl (C=O) groups excluding carboxylic acids is 1. The third-order valence-electron chi connectivity index (χ3n) is 5.93. The van der Waals surface area contributed by atoms with E-state index in [1.807, 2.05) is 18.2 Å². The van der Waals surface area contributed by atoms with E-state index in [4.69, 9.17) is 13.0 Å². The Hall–Kier alpha value is -2.56. The van der Waals surface area contributed by atoms with Gasteiger partial charge in [0.15, 0.2) is 8.32 Å². The Morgan fingerprint density at radius 3 is 1.58 bits per heavy atom. The van der Waals surface area contributed by atoms with Crippen molar-refractivity contribution < 1.29 is 17.8 Å². The van der Waals surface area contributed by atoms with Crippen LogP contribution in [-0.2, 0) is 17.8 Å². The van der Waals surface area contributed by atoms with Crippen molar-refractivity contribution >= 4 is 46.7 Å². The second kappa shape index (κ2) is 12.1. The normalized spacial score (nSPS) is 13.6. The molecule has 0 N–H and O–H groups in total. The maximum Gasteiger partial charge on any atom is 0.352 e. The van der Waals surface area contributed by atoms with Gasteiger partial charge in [-0.05, 0) is 61.1 Å². The molecule has 4 nitrogen and oxygen atoms in total. The lowest BCUT2D eigenvalue weighted by molar-refractivity contribution is -0.138. The number of ether oxygens (including phenoxy) is 1. The molecule has 0 saturated heterocycles. The quantitative estimate of drug-likeness (QED) is 0.140. The van der Waals surface area contributed by atoms with Gasteiger partial charge in [0, 0.05) is 5.57 Å².